The van der Waals surface area contributed by atoms with Gasteiger partial charge in [0.05, 0.1) is 5.69 Å². The Hall–Kier alpha value is -2.96. The lowest BCUT2D eigenvalue weighted by Crippen LogP contribution is -2.32. The average molecular weight is 328 g/mol. The van der Waals surface area contributed by atoms with Crippen LogP contribution < -0.4 is 10.9 Å². The van der Waals surface area contributed by atoms with Crippen LogP contribution in [0.4, 0.5) is 4.39 Å². The number of rotatable bonds is 4. The smallest absolute Gasteiger partial charge is 0.277 e. The molecule has 1 aromatic carbocycles. The largest absolute Gasteiger partial charge is 0.350 e. The summed E-state index contributed by atoms with van der Waals surface area (Å²) in [5.74, 6) is -0.736. The fourth-order valence-corrected chi connectivity index (χ4v) is 2.67. The Bertz CT molecular complexity index is 974. The van der Waals surface area contributed by atoms with Crippen molar-refractivity contribution in [2.24, 2.45) is 7.05 Å². The first-order chi connectivity index (χ1) is 11.5. The molecule has 0 radical (unpaired) electrons. The van der Waals surface area contributed by atoms with Crippen LogP contribution in [0.15, 0.2) is 41.3 Å². The number of halogens is 1. The Labute approximate surface area is 137 Å². The number of hydrogen-bond acceptors (Lipinski definition) is 3. The molecule has 3 rings (SSSR count). The molecule has 2 aromatic heterocycles. The van der Waals surface area contributed by atoms with Gasteiger partial charge in [-0.15, -0.1) is 0 Å². The SMILES string of the molecule is Cc1nn(C)c2c(=O)n(CC(=O)NCc3ccccc3F)ccc12. The van der Waals surface area contributed by atoms with E-state index in [1.807, 2.05) is 6.92 Å². The molecule has 7 heteroatoms. The first-order valence-electron chi connectivity index (χ1n) is 7.50. The van der Waals surface area contributed by atoms with Crippen LogP contribution in [-0.4, -0.2) is 20.3 Å². The summed E-state index contributed by atoms with van der Waals surface area (Å²) in [4.78, 5) is 24.5. The summed E-state index contributed by atoms with van der Waals surface area (Å²) in [6.45, 7) is 1.77. The van der Waals surface area contributed by atoms with Crippen molar-refractivity contribution in [2.75, 3.05) is 0 Å². The Kier molecular flexibility index (Phi) is 4.16. The summed E-state index contributed by atoms with van der Waals surface area (Å²) in [6.07, 6.45) is 1.57. The molecule has 1 N–H and O–H groups in total. The third kappa shape index (κ3) is 2.92. The van der Waals surface area contributed by atoms with Crippen molar-refractivity contribution in [3.05, 3.63) is 64.0 Å². The van der Waals surface area contributed by atoms with E-state index in [9.17, 15) is 14.0 Å². The maximum absolute atomic E-state index is 13.5. The second-order valence-electron chi connectivity index (χ2n) is 5.59. The number of carbonyl (C=O) groups excluding carboxylic acids is 1. The number of fused-ring (bicyclic) bond motifs is 1. The molecule has 0 spiro atoms. The molecular formula is C17H17FN4O2. The average Bonchev–Trinajstić information content (AvgIpc) is 2.84. The zero-order valence-corrected chi connectivity index (χ0v) is 13.4. The van der Waals surface area contributed by atoms with E-state index in [0.717, 1.165) is 11.1 Å². The van der Waals surface area contributed by atoms with Crippen LogP contribution in [0.2, 0.25) is 0 Å². The van der Waals surface area contributed by atoms with Gasteiger partial charge in [-0.3, -0.25) is 14.3 Å². The van der Waals surface area contributed by atoms with Crippen LogP contribution in [0.25, 0.3) is 10.9 Å². The zero-order valence-electron chi connectivity index (χ0n) is 13.4. The highest BCUT2D eigenvalue weighted by Gasteiger charge is 2.12. The number of benzene rings is 1. The lowest BCUT2D eigenvalue weighted by molar-refractivity contribution is -0.121. The number of aryl methyl sites for hydroxylation is 2. The van der Waals surface area contributed by atoms with E-state index in [1.54, 1.807) is 37.5 Å². The van der Waals surface area contributed by atoms with Gasteiger partial charge in [0, 0.05) is 30.7 Å². The van der Waals surface area contributed by atoms with Crippen LogP contribution in [0.1, 0.15) is 11.3 Å². The number of nitrogens with one attached hydrogen (secondary N) is 1. The van der Waals surface area contributed by atoms with Gasteiger partial charge in [-0.05, 0) is 19.1 Å². The predicted octanol–water partition coefficient (Wildman–Crippen LogP) is 1.50. The first-order valence-corrected chi connectivity index (χ1v) is 7.50. The Morgan fingerprint density at radius 1 is 1.29 bits per heavy atom. The molecule has 0 saturated heterocycles. The van der Waals surface area contributed by atoms with Crippen molar-refractivity contribution in [3.8, 4) is 0 Å². The molecule has 3 aromatic rings. The normalized spacial score (nSPS) is 11.0. The van der Waals surface area contributed by atoms with Gasteiger partial charge < -0.3 is 9.88 Å². The minimum atomic E-state index is -0.373. The molecule has 124 valence electrons. The maximum atomic E-state index is 13.5. The summed E-state index contributed by atoms with van der Waals surface area (Å²) in [7, 11) is 1.69. The van der Waals surface area contributed by atoms with Crippen molar-refractivity contribution in [2.45, 2.75) is 20.0 Å². The van der Waals surface area contributed by atoms with Crippen molar-refractivity contribution in [1.82, 2.24) is 19.7 Å². The number of aromatic nitrogens is 3. The number of nitrogens with zero attached hydrogens (tertiary/aromatic N) is 3. The molecule has 0 bridgehead atoms. The Morgan fingerprint density at radius 2 is 2.04 bits per heavy atom. The monoisotopic (exact) mass is 328 g/mol. The molecule has 0 saturated carbocycles. The van der Waals surface area contributed by atoms with E-state index in [2.05, 4.69) is 10.4 Å². The number of hydrogen-bond donors (Lipinski definition) is 1. The molecule has 6 nitrogen and oxygen atoms in total. The Balaban J connectivity index is 1.76. The fourth-order valence-electron chi connectivity index (χ4n) is 2.67. The molecule has 0 aliphatic rings. The van der Waals surface area contributed by atoms with Gasteiger partial charge in [0.15, 0.2) is 0 Å². The first kappa shape index (κ1) is 15.9. The van der Waals surface area contributed by atoms with Crippen LogP contribution in [0.3, 0.4) is 0 Å². The quantitative estimate of drug-likeness (QED) is 0.789. The summed E-state index contributed by atoms with van der Waals surface area (Å²) in [6, 6.07) is 8.00. The predicted molar refractivity (Wildman–Crippen MR) is 88.0 cm³/mol. The standard InChI is InChI=1S/C17H17FN4O2/c1-11-13-7-8-22(17(24)16(13)21(2)20-11)10-15(23)19-9-12-5-3-4-6-14(12)18/h3-8H,9-10H2,1-2H3,(H,19,23). The van der Waals surface area contributed by atoms with Gasteiger partial charge in [-0.2, -0.15) is 5.10 Å². The number of pyridine rings is 1. The summed E-state index contributed by atoms with van der Waals surface area (Å²) >= 11 is 0. The molecule has 24 heavy (non-hydrogen) atoms. The summed E-state index contributed by atoms with van der Waals surface area (Å²) < 4.78 is 16.4. The van der Waals surface area contributed by atoms with E-state index in [4.69, 9.17) is 0 Å². The molecular weight excluding hydrogens is 311 g/mol. The van der Waals surface area contributed by atoms with E-state index in [-0.39, 0.29) is 30.4 Å². The summed E-state index contributed by atoms with van der Waals surface area (Å²) in [5.41, 5.74) is 1.34. The fraction of sp³-hybridized carbons (Fsp3) is 0.235. The van der Waals surface area contributed by atoms with Crippen molar-refractivity contribution in [1.29, 1.82) is 0 Å². The van der Waals surface area contributed by atoms with Gasteiger partial charge in [-0.1, -0.05) is 18.2 Å². The molecule has 1 amide bonds. The van der Waals surface area contributed by atoms with E-state index < -0.39 is 0 Å². The van der Waals surface area contributed by atoms with Gasteiger partial charge in [0.1, 0.15) is 17.9 Å². The third-order valence-electron chi connectivity index (χ3n) is 3.90. The highest BCUT2D eigenvalue weighted by Crippen LogP contribution is 2.12. The lowest BCUT2D eigenvalue weighted by atomic mass is 10.2. The lowest BCUT2D eigenvalue weighted by Gasteiger charge is -2.08. The number of amides is 1. The van der Waals surface area contributed by atoms with Crippen LogP contribution >= 0.6 is 0 Å². The Morgan fingerprint density at radius 3 is 2.79 bits per heavy atom. The van der Waals surface area contributed by atoms with E-state index in [1.165, 1.54) is 15.3 Å². The van der Waals surface area contributed by atoms with Crippen LogP contribution in [0.5, 0.6) is 0 Å². The van der Waals surface area contributed by atoms with Crippen LogP contribution in [0, 0.1) is 12.7 Å². The topological polar surface area (TPSA) is 68.9 Å². The second-order valence-corrected chi connectivity index (χ2v) is 5.59. The van der Waals surface area contributed by atoms with Gasteiger partial charge >= 0.3 is 0 Å². The third-order valence-corrected chi connectivity index (χ3v) is 3.90. The summed E-state index contributed by atoms with van der Waals surface area (Å²) in [5, 5.41) is 7.61. The maximum Gasteiger partial charge on any atom is 0.277 e. The molecule has 0 aliphatic heterocycles. The van der Waals surface area contributed by atoms with Crippen molar-refractivity contribution < 1.29 is 9.18 Å². The molecule has 0 atom stereocenters. The molecule has 0 unspecified atom stereocenters. The minimum Gasteiger partial charge on any atom is -0.350 e. The number of carbonyl (C=O) groups is 1. The van der Waals surface area contributed by atoms with E-state index >= 15 is 0 Å². The highest BCUT2D eigenvalue weighted by atomic mass is 19.1. The van der Waals surface area contributed by atoms with Crippen LogP contribution in [-0.2, 0) is 24.9 Å². The highest BCUT2D eigenvalue weighted by molar-refractivity contribution is 5.81. The molecule has 2 heterocycles. The molecule has 0 aliphatic carbocycles. The zero-order chi connectivity index (χ0) is 17.3. The van der Waals surface area contributed by atoms with Crippen molar-refractivity contribution in [3.63, 3.8) is 0 Å². The van der Waals surface area contributed by atoms with Crippen molar-refractivity contribution >= 4 is 16.8 Å². The molecule has 0 fully saturated rings. The van der Waals surface area contributed by atoms with Gasteiger partial charge in [-0.25, -0.2) is 4.39 Å². The van der Waals surface area contributed by atoms with Gasteiger partial charge in [0.25, 0.3) is 5.56 Å². The van der Waals surface area contributed by atoms with Gasteiger partial charge in [0.2, 0.25) is 5.91 Å². The second kappa shape index (κ2) is 6.27. The van der Waals surface area contributed by atoms with E-state index in [0.29, 0.717) is 11.1 Å². The minimum absolute atomic E-state index is 0.0767.